The lowest BCUT2D eigenvalue weighted by molar-refractivity contribution is -0.167. The summed E-state index contributed by atoms with van der Waals surface area (Å²) in [6.07, 6.45) is 44.0. The Balaban J connectivity index is 4.07. The first-order chi connectivity index (χ1) is 27.8. The molecule has 0 saturated carbocycles. The standard InChI is InChI=1S/C51H98O6/c1-6-8-9-29-38-43-51(54)57-48(45-56-50(53)42-37-33-28-24-20-16-12-13-17-21-25-30-34-39-46(3)4)44-55-49(52)41-36-32-27-23-19-15-11-10-14-18-22-26-31-35-40-47(5)7-2/h46-48H,6-45H2,1-5H3/t47?,48-/m0/s1. The van der Waals surface area contributed by atoms with Crippen molar-refractivity contribution in [2.75, 3.05) is 13.2 Å². The zero-order chi connectivity index (χ0) is 41.9. The highest BCUT2D eigenvalue weighted by molar-refractivity contribution is 5.71. The van der Waals surface area contributed by atoms with Gasteiger partial charge in [-0.3, -0.25) is 14.4 Å². The maximum atomic E-state index is 12.6. The average molecular weight is 807 g/mol. The van der Waals surface area contributed by atoms with Crippen molar-refractivity contribution in [3.05, 3.63) is 0 Å². The molecule has 0 saturated heterocycles. The van der Waals surface area contributed by atoms with Crippen LogP contribution in [0.3, 0.4) is 0 Å². The van der Waals surface area contributed by atoms with Crippen LogP contribution in [0.2, 0.25) is 0 Å². The Morgan fingerprint density at radius 3 is 1.00 bits per heavy atom. The first-order valence-electron chi connectivity index (χ1n) is 25.3. The molecule has 0 amide bonds. The fourth-order valence-corrected chi connectivity index (χ4v) is 7.60. The summed E-state index contributed by atoms with van der Waals surface area (Å²) in [6.45, 7) is 11.3. The zero-order valence-corrected chi connectivity index (χ0v) is 39.0. The minimum absolute atomic E-state index is 0.0653. The van der Waals surface area contributed by atoms with E-state index in [4.69, 9.17) is 14.2 Å². The first kappa shape index (κ1) is 55.4. The monoisotopic (exact) mass is 807 g/mol. The summed E-state index contributed by atoms with van der Waals surface area (Å²) in [5.41, 5.74) is 0. The van der Waals surface area contributed by atoms with E-state index >= 15 is 0 Å². The van der Waals surface area contributed by atoms with Gasteiger partial charge in [-0.15, -0.1) is 0 Å². The van der Waals surface area contributed by atoms with Crippen LogP contribution >= 0.6 is 0 Å². The van der Waals surface area contributed by atoms with Crippen LogP contribution in [-0.4, -0.2) is 37.2 Å². The van der Waals surface area contributed by atoms with Crippen molar-refractivity contribution in [2.24, 2.45) is 11.8 Å². The Morgan fingerprint density at radius 1 is 0.368 bits per heavy atom. The van der Waals surface area contributed by atoms with Gasteiger partial charge in [0.15, 0.2) is 6.10 Å². The molecule has 0 heterocycles. The van der Waals surface area contributed by atoms with E-state index in [1.165, 1.54) is 161 Å². The molecule has 338 valence electrons. The molecule has 0 aromatic rings. The van der Waals surface area contributed by atoms with Gasteiger partial charge in [0.25, 0.3) is 0 Å². The summed E-state index contributed by atoms with van der Waals surface area (Å²) >= 11 is 0. The lowest BCUT2D eigenvalue weighted by Crippen LogP contribution is -2.30. The van der Waals surface area contributed by atoms with Gasteiger partial charge in [-0.1, -0.05) is 240 Å². The number of carbonyl (C=O) groups is 3. The summed E-state index contributed by atoms with van der Waals surface area (Å²) in [7, 11) is 0. The molecule has 0 aliphatic rings. The zero-order valence-electron chi connectivity index (χ0n) is 39.0. The normalized spacial score (nSPS) is 12.5. The van der Waals surface area contributed by atoms with E-state index in [0.29, 0.717) is 19.3 Å². The summed E-state index contributed by atoms with van der Waals surface area (Å²) in [5, 5.41) is 0. The van der Waals surface area contributed by atoms with Gasteiger partial charge in [0, 0.05) is 19.3 Å². The number of esters is 3. The molecular formula is C51H98O6. The van der Waals surface area contributed by atoms with E-state index < -0.39 is 6.10 Å². The lowest BCUT2D eigenvalue weighted by atomic mass is 9.99. The molecule has 1 unspecified atom stereocenters. The van der Waals surface area contributed by atoms with Crippen molar-refractivity contribution < 1.29 is 28.6 Å². The van der Waals surface area contributed by atoms with Gasteiger partial charge in [0.05, 0.1) is 0 Å². The second-order valence-electron chi connectivity index (χ2n) is 18.2. The Labute approximate surface area is 355 Å². The molecule has 0 radical (unpaired) electrons. The van der Waals surface area contributed by atoms with Gasteiger partial charge in [-0.2, -0.15) is 0 Å². The number of rotatable bonds is 45. The molecule has 0 bridgehead atoms. The molecule has 0 rings (SSSR count). The highest BCUT2D eigenvalue weighted by Crippen LogP contribution is 2.18. The predicted octanol–water partition coefficient (Wildman–Crippen LogP) is 16.1. The molecule has 0 aromatic heterocycles. The van der Waals surface area contributed by atoms with Gasteiger partial charge in [0.2, 0.25) is 0 Å². The van der Waals surface area contributed by atoms with Gasteiger partial charge in [0.1, 0.15) is 13.2 Å². The van der Waals surface area contributed by atoms with E-state index in [1.54, 1.807) is 0 Å². The second-order valence-corrected chi connectivity index (χ2v) is 18.2. The Bertz CT molecular complexity index is 872. The molecule has 0 fully saturated rings. The largest absolute Gasteiger partial charge is 0.462 e. The third-order valence-electron chi connectivity index (χ3n) is 11.8. The number of unbranched alkanes of at least 4 members (excludes halogenated alkanes) is 29. The fraction of sp³-hybridized carbons (Fsp3) is 0.941. The molecule has 6 heteroatoms. The van der Waals surface area contributed by atoms with Gasteiger partial charge in [-0.25, -0.2) is 0 Å². The molecule has 0 N–H and O–H groups in total. The number of hydrogen-bond donors (Lipinski definition) is 0. The maximum absolute atomic E-state index is 12.6. The lowest BCUT2D eigenvalue weighted by Gasteiger charge is -2.18. The van der Waals surface area contributed by atoms with Crippen LogP contribution in [0.4, 0.5) is 0 Å². The van der Waals surface area contributed by atoms with Crippen LogP contribution < -0.4 is 0 Å². The van der Waals surface area contributed by atoms with Crippen molar-refractivity contribution in [1.82, 2.24) is 0 Å². The van der Waals surface area contributed by atoms with E-state index in [2.05, 4.69) is 34.6 Å². The summed E-state index contributed by atoms with van der Waals surface area (Å²) in [4.78, 5) is 37.6. The average Bonchev–Trinajstić information content (AvgIpc) is 3.19. The molecule has 0 aromatic carbocycles. The third-order valence-corrected chi connectivity index (χ3v) is 11.8. The van der Waals surface area contributed by atoms with Crippen LogP contribution in [0.15, 0.2) is 0 Å². The van der Waals surface area contributed by atoms with E-state index in [-0.39, 0.29) is 31.1 Å². The van der Waals surface area contributed by atoms with Crippen LogP contribution in [0.1, 0.15) is 279 Å². The Morgan fingerprint density at radius 2 is 0.667 bits per heavy atom. The molecule has 57 heavy (non-hydrogen) atoms. The second kappa shape index (κ2) is 44.0. The summed E-state index contributed by atoms with van der Waals surface area (Å²) in [6, 6.07) is 0. The quantitative estimate of drug-likeness (QED) is 0.0346. The van der Waals surface area contributed by atoms with E-state index in [0.717, 1.165) is 76.0 Å². The molecule has 2 atom stereocenters. The number of hydrogen-bond acceptors (Lipinski definition) is 6. The van der Waals surface area contributed by atoms with Crippen molar-refractivity contribution in [3.63, 3.8) is 0 Å². The molecule has 0 aliphatic carbocycles. The van der Waals surface area contributed by atoms with Crippen molar-refractivity contribution >= 4 is 17.9 Å². The topological polar surface area (TPSA) is 78.9 Å². The van der Waals surface area contributed by atoms with E-state index in [9.17, 15) is 14.4 Å². The number of carbonyl (C=O) groups excluding carboxylic acids is 3. The Kier molecular flexibility index (Phi) is 42.7. The van der Waals surface area contributed by atoms with Gasteiger partial charge >= 0.3 is 17.9 Å². The molecule has 0 spiro atoms. The maximum Gasteiger partial charge on any atom is 0.306 e. The molecule has 0 aliphatic heterocycles. The van der Waals surface area contributed by atoms with Gasteiger partial charge < -0.3 is 14.2 Å². The summed E-state index contributed by atoms with van der Waals surface area (Å²) in [5.74, 6) is 0.871. The van der Waals surface area contributed by atoms with Crippen LogP contribution in [0.5, 0.6) is 0 Å². The van der Waals surface area contributed by atoms with Crippen LogP contribution in [0, 0.1) is 11.8 Å². The number of ether oxygens (including phenoxy) is 3. The molecular weight excluding hydrogens is 709 g/mol. The highest BCUT2D eigenvalue weighted by atomic mass is 16.6. The summed E-state index contributed by atoms with van der Waals surface area (Å²) < 4.78 is 16.7. The van der Waals surface area contributed by atoms with Crippen LogP contribution in [0.25, 0.3) is 0 Å². The minimum Gasteiger partial charge on any atom is -0.462 e. The third kappa shape index (κ3) is 43.8. The highest BCUT2D eigenvalue weighted by Gasteiger charge is 2.19. The SMILES string of the molecule is CCCCCCCC(=O)O[C@@H](COC(=O)CCCCCCCCCCCCCCCCC(C)CC)COC(=O)CCCCCCCCCCCCCCCC(C)C. The van der Waals surface area contributed by atoms with Crippen molar-refractivity contribution in [1.29, 1.82) is 0 Å². The molecule has 6 nitrogen and oxygen atoms in total. The van der Waals surface area contributed by atoms with Crippen LogP contribution in [-0.2, 0) is 28.6 Å². The van der Waals surface area contributed by atoms with Crippen molar-refractivity contribution in [3.8, 4) is 0 Å². The smallest absolute Gasteiger partial charge is 0.306 e. The van der Waals surface area contributed by atoms with E-state index in [1.807, 2.05) is 0 Å². The minimum atomic E-state index is -0.759. The fourth-order valence-electron chi connectivity index (χ4n) is 7.60. The predicted molar refractivity (Wildman–Crippen MR) is 243 cm³/mol. The van der Waals surface area contributed by atoms with Gasteiger partial charge in [-0.05, 0) is 31.1 Å². The first-order valence-corrected chi connectivity index (χ1v) is 25.3. The van der Waals surface area contributed by atoms with Crippen molar-refractivity contribution in [2.45, 2.75) is 285 Å². The Hall–Kier alpha value is -1.59.